The highest BCUT2D eigenvalue weighted by molar-refractivity contribution is 5.74. The van der Waals surface area contributed by atoms with Crippen molar-refractivity contribution >= 4 is 6.03 Å². The zero-order chi connectivity index (χ0) is 16.3. The molecule has 0 aromatic carbocycles. The molecule has 3 aliphatic rings. The lowest BCUT2D eigenvalue weighted by Gasteiger charge is -2.44. The maximum atomic E-state index is 12.5. The molecular formula is C18H32N2O3. The first kappa shape index (κ1) is 17.0. The molecule has 3 rings (SSSR count). The van der Waals surface area contributed by atoms with Crippen molar-refractivity contribution < 1.29 is 14.6 Å². The lowest BCUT2D eigenvalue weighted by molar-refractivity contribution is -0.108. The Labute approximate surface area is 139 Å². The van der Waals surface area contributed by atoms with Gasteiger partial charge < -0.3 is 20.1 Å². The number of hydrogen-bond donors (Lipinski definition) is 2. The molecule has 0 aromatic rings. The summed E-state index contributed by atoms with van der Waals surface area (Å²) in [6, 6.07) is 0.151. The third-order valence-corrected chi connectivity index (χ3v) is 6.00. The van der Waals surface area contributed by atoms with Crippen molar-refractivity contribution in [2.75, 3.05) is 20.2 Å². The molecule has 1 aliphatic heterocycles. The SMILES string of the molecule is CN(CC1(O)CCCC1)C(=O)NC1CCOC2(CCCCC2)C1. The molecule has 1 atom stereocenters. The van der Waals surface area contributed by atoms with Crippen LogP contribution >= 0.6 is 0 Å². The van der Waals surface area contributed by atoms with E-state index in [1.807, 2.05) is 0 Å². The van der Waals surface area contributed by atoms with Gasteiger partial charge in [-0.1, -0.05) is 32.1 Å². The van der Waals surface area contributed by atoms with E-state index in [1.54, 1.807) is 11.9 Å². The van der Waals surface area contributed by atoms with E-state index >= 15 is 0 Å². The Morgan fingerprint density at radius 2 is 1.83 bits per heavy atom. The molecule has 2 amide bonds. The lowest BCUT2D eigenvalue weighted by Crippen LogP contribution is -2.53. The highest BCUT2D eigenvalue weighted by atomic mass is 16.5. The fourth-order valence-corrected chi connectivity index (χ4v) is 4.68. The van der Waals surface area contributed by atoms with E-state index in [-0.39, 0.29) is 17.7 Å². The Morgan fingerprint density at radius 3 is 2.52 bits per heavy atom. The first-order chi connectivity index (χ1) is 11.0. The summed E-state index contributed by atoms with van der Waals surface area (Å²) in [7, 11) is 1.79. The quantitative estimate of drug-likeness (QED) is 0.839. The Kier molecular flexibility index (Phi) is 5.16. The summed E-state index contributed by atoms with van der Waals surface area (Å²) in [5.74, 6) is 0. The van der Waals surface area contributed by atoms with Gasteiger partial charge in [-0.2, -0.15) is 0 Å². The van der Waals surface area contributed by atoms with Crippen LogP contribution in [-0.4, -0.2) is 53.5 Å². The maximum absolute atomic E-state index is 12.5. The van der Waals surface area contributed by atoms with Gasteiger partial charge in [0.25, 0.3) is 0 Å². The molecule has 1 unspecified atom stereocenters. The summed E-state index contributed by atoms with van der Waals surface area (Å²) in [6.07, 6.45) is 11.6. The number of aliphatic hydroxyl groups is 1. The van der Waals surface area contributed by atoms with Crippen LogP contribution in [0.4, 0.5) is 4.79 Å². The second kappa shape index (κ2) is 6.98. The predicted molar refractivity (Wildman–Crippen MR) is 89.4 cm³/mol. The Bertz CT molecular complexity index is 409. The fourth-order valence-electron chi connectivity index (χ4n) is 4.68. The van der Waals surface area contributed by atoms with Crippen molar-refractivity contribution in [2.24, 2.45) is 0 Å². The van der Waals surface area contributed by atoms with Gasteiger partial charge in [0.05, 0.1) is 17.7 Å². The summed E-state index contributed by atoms with van der Waals surface area (Å²) in [6.45, 7) is 1.19. The van der Waals surface area contributed by atoms with Crippen LogP contribution in [0.15, 0.2) is 0 Å². The zero-order valence-electron chi connectivity index (χ0n) is 14.5. The Morgan fingerprint density at radius 1 is 1.17 bits per heavy atom. The Balaban J connectivity index is 1.50. The van der Waals surface area contributed by atoms with Crippen molar-refractivity contribution in [2.45, 2.75) is 87.9 Å². The number of rotatable bonds is 3. The smallest absolute Gasteiger partial charge is 0.317 e. The van der Waals surface area contributed by atoms with E-state index in [9.17, 15) is 9.90 Å². The number of likely N-dealkylation sites (N-methyl/N-ethyl adjacent to an activating group) is 1. The average Bonchev–Trinajstić information content (AvgIpc) is 2.94. The second-order valence-electron chi connectivity index (χ2n) is 8.02. The van der Waals surface area contributed by atoms with E-state index in [2.05, 4.69) is 5.32 Å². The molecule has 0 radical (unpaired) electrons. The standard InChI is InChI=1S/C18H32N2O3/c1-20(14-17(22)8-5-6-9-17)16(21)19-15-7-12-23-18(13-15)10-3-2-4-11-18/h15,22H,2-14H2,1H3,(H,19,21). The minimum atomic E-state index is -0.674. The molecule has 132 valence electrons. The summed E-state index contributed by atoms with van der Waals surface area (Å²) in [5.41, 5.74) is -0.664. The van der Waals surface area contributed by atoms with Gasteiger partial charge in [0, 0.05) is 19.7 Å². The molecule has 3 fully saturated rings. The highest BCUT2D eigenvalue weighted by Crippen LogP contribution is 2.38. The number of ether oxygens (including phenoxy) is 1. The number of amides is 2. The molecule has 2 N–H and O–H groups in total. The van der Waals surface area contributed by atoms with Gasteiger partial charge in [-0.15, -0.1) is 0 Å². The molecule has 0 bridgehead atoms. The summed E-state index contributed by atoms with van der Waals surface area (Å²) in [5, 5.41) is 13.7. The third-order valence-electron chi connectivity index (χ3n) is 6.00. The molecule has 2 aliphatic carbocycles. The molecule has 23 heavy (non-hydrogen) atoms. The minimum Gasteiger partial charge on any atom is -0.388 e. The molecule has 0 aromatic heterocycles. The van der Waals surface area contributed by atoms with E-state index < -0.39 is 5.60 Å². The predicted octanol–water partition coefficient (Wildman–Crippen LogP) is 2.81. The van der Waals surface area contributed by atoms with Gasteiger partial charge in [-0.05, 0) is 38.5 Å². The monoisotopic (exact) mass is 324 g/mol. The molecule has 5 heteroatoms. The lowest BCUT2D eigenvalue weighted by atomic mass is 9.78. The van der Waals surface area contributed by atoms with Gasteiger partial charge in [-0.3, -0.25) is 0 Å². The van der Waals surface area contributed by atoms with Crippen molar-refractivity contribution in [1.29, 1.82) is 0 Å². The van der Waals surface area contributed by atoms with E-state index in [0.717, 1.165) is 58.0 Å². The van der Waals surface area contributed by atoms with E-state index in [0.29, 0.717) is 6.54 Å². The van der Waals surface area contributed by atoms with Crippen molar-refractivity contribution in [3.63, 3.8) is 0 Å². The number of carbonyl (C=O) groups is 1. The average molecular weight is 324 g/mol. The summed E-state index contributed by atoms with van der Waals surface area (Å²) < 4.78 is 6.10. The van der Waals surface area contributed by atoms with Gasteiger partial charge in [0.2, 0.25) is 0 Å². The normalized spacial score (nSPS) is 29.4. The number of nitrogens with zero attached hydrogens (tertiary/aromatic N) is 1. The fraction of sp³-hybridized carbons (Fsp3) is 0.944. The molecule has 1 heterocycles. The van der Waals surface area contributed by atoms with Crippen LogP contribution in [0.25, 0.3) is 0 Å². The Hall–Kier alpha value is -0.810. The highest BCUT2D eigenvalue weighted by Gasteiger charge is 2.39. The number of nitrogens with one attached hydrogen (secondary N) is 1. The topological polar surface area (TPSA) is 61.8 Å². The van der Waals surface area contributed by atoms with Crippen molar-refractivity contribution in [1.82, 2.24) is 10.2 Å². The van der Waals surface area contributed by atoms with Crippen LogP contribution in [0.3, 0.4) is 0 Å². The van der Waals surface area contributed by atoms with Crippen LogP contribution in [0.5, 0.6) is 0 Å². The molecule has 5 nitrogen and oxygen atoms in total. The first-order valence-electron chi connectivity index (χ1n) is 9.38. The zero-order valence-corrected chi connectivity index (χ0v) is 14.5. The van der Waals surface area contributed by atoms with E-state index in [4.69, 9.17) is 4.74 Å². The number of urea groups is 1. The number of hydrogen-bond acceptors (Lipinski definition) is 3. The van der Waals surface area contributed by atoms with E-state index in [1.165, 1.54) is 19.3 Å². The number of carbonyl (C=O) groups excluding carboxylic acids is 1. The summed E-state index contributed by atoms with van der Waals surface area (Å²) in [4.78, 5) is 14.1. The van der Waals surface area contributed by atoms with Crippen LogP contribution in [0.2, 0.25) is 0 Å². The second-order valence-corrected chi connectivity index (χ2v) is 8.02. The molecular weight excluding hydrogens is 292 g/mol. The minimum absolute atomic E-state index is 0.0106. The summed E-state index contributed by atoms with van der Waals surface area (Å²) >= 11 is 0. The van der Waals surface area contributed by atoms with Gasteiger partial charge in [0.1, 0.15) is 0 Å². The van der Waals surface area contributed by atoms with Crippen LogP contribution in [0, 0.1) is 0 Å². The van der Waals surface area contributed by atoms with Crippen molar-refractivity contribution in [3.8, 4) is 0 Å². The van der Waals surface area contributed by atoms with Gasteiger partial charge >= 0.3 is 6.03 Å². The maximum Gasteiger partial charge on any atom is 0.317 e. The molecule has 1 spiro atoms. The third kappa shape index (κ3) is 4.18. The first-order valence-corrected chi connectivity index (χ1v) is 9.38. The molecule has 1 saturated heterocycles. The van der Waals surface area contributed by atoms with Crippen LogP contribution in [0.1, 0.15) is 70.6 Å². The van der Waals surface area contributed by atoms with Gasteiger partial charge in [0.15, 0.2) is 0 Å². The molecule has 2 saturated carbocycles. The van der Waals surface area contributed by atoms with Crippen molar-refractivity contribution in [3.05, 3.63) is 0 Å². The largest absolute Gasteiger partial charge is 0.388 e. The van der Waals surface area contributed by atoms with Crippen LogP contribution in [-0.2, 0) is 4.74 Å². The van der Waals surface area contributed by atoms with Crippen LogP contribution < -0.4 is 5.32 Å². The van der Waals surface area contributed by atoms with Gasteiger partial charge in [-0.25, -0.2) is 4.79 Å².